The average Bonchev–Trinajstić information content (AvgIpc) is 3.03. The first-order chi connectivity index (χ1) is 12.7. The summed E-state index contributed by atoms with van der Waals surface area (Å²) in [6.07, 6.45) is 1.11. The fourth-order valence-electron chi connectivity index (χ4n) is 3.70. The first-order valence-electron chi connectivity index (χ1n) is 9.41. The standard InChI is InChI=1S/C21H25ClN4.ClH/c1-2-11-26-20-6-4-3-5-19(20)23-21(26)25-14-12-24(13-15-25)16-17-7-9-18(22)10-8-17;/h3-10H,2,11-16H2,1H3;1H/p-1. The van der Waals surface area contributed by atoms with E-state index < -0.39 is 0 Å². The van der Waals surface area contributed by atoms with Crippen molar-refractivity contribution in [2.45, 2.75) is 26.4 Å². The van der Waals surface area contributed by atoms with Crippen LogP contribution < -0.4 is 17.3 Å². The maximum Gasteiger partial charge on any atom is 0.206 e. The van der Waals surface area contributed by atoms with Crippen LogP contribution in [0, 0.1) is 0 Å². The van der Waals surface area contributed by atoms with E-state index in [-0.39, 0.29) is 12.4 Å². The quantitative estimate of drug-likeness (QED) is 0.643. The van der Waals surface area contributed by atoms with E-state index in [1.54, 1.807) is 0 Å². The number of benzene rings is 2. The van der Waals surface area contributed by atoms with E-state index in [1.165, 1.54) is 11.1 Å². The second-order valence-electron chi connectivity index (χ2n) is 6.94. The van der Waals surface area contributed by atoms with Gasteiger partial charge in [0.15, 0.2) is 0 Å². The van der Waals surface area contributed by atoms with Crippen LogP contribution in [0.4, 0.5) is 5.95 Å². The minimum absolute atomic E-state index is 0. The summed E-state index contributed by atoms with van der Waals surface area (Å²) in [5.41, 5.74) is 3.66. The lowest BCUT2D eigenvalue weighted by molar-refractivity contribution is -0.00000527. The second-order valence-corrected chi connectivity index (χ2v) is 7.38. The number of nitrogens with zero attached hydrogens (tertiary/aromatic N) is 4. The van der Waals surface area contributed by atoms with Crippen molar-refractivity contribution in [2.24, 2.45) is 0 Å². The first-order valence-corrected chi connectivity index (χ1v) is 9.79. The highest BCUT2D eigenvalue weighted by Gasteiger charge is 2.22. The Hall–Kier alpha value is -1.75. The monoisotopic (exact) mass is 403 g/mol. The van der Waals surface area contributed by atoms with Crippen LogP contribution in [0.15, 0.2) is 48.5 Å². The Morgan fingerprint density at radius 1 is 0.963 bits per heavy atom. The molecule has 2 heterocycles. The van der Waals surface area contributed by atoms with Gasteiger partial charge in [-0.15, -0.1) is 0 Å². The van der Waals surface area contributed by atoms with Crippen LogP contribution in [-0.4, -0.2) is 40.6 Å². The molecular formula is C21H25Cl2N4-. The number of anilines is 1. The van der Waals surface area contributed by atoms with E-state index in [2.05, 4.69) is 57.7 Å². The molecule has 0 bridgehead atoms. The van der Waals surface area contributed by atoms with Crippen molar-refractivity contribution < 1.29 is 12.4 Å². The van der Waals surface area contributed by atoms with E-state index in [0.29, 0.717) is 0 Å². The smallest absolute Gasteiger partial charge is 0.206 e. The SMILES string of the molecule is CCCn1c(N2CCN(Cc3ccc(Cl)cc3)CC2)nc2ccccc21.[Cl-]. The van der Waals surface area contributed by atoms with Gasteiger partial charge in [-0.3, -0.25) is 4.90 Å². The fourth-order valence-corrected chi connectivity index (χ4v) is 3.83. The molecule has 0 unspecified atom stereocenters. The van der Waals surface area contributed by atoms with Crippen molar-refractivity contribution in [2.75, 3.05) is 31.1 Å². The number of halogens is 2. The molecule has 0 radical (unpaired) electrons. The lowest BCUT2D eigenvalue weighted by atomic mass is 10.2. The van der Waals surface area contributed by atoms with Crippen molar-refractivity contribution in [3.8, 4) is 0 Å². The summed E-state index contributed by atoms with van der Waals surface area (Å²) in [6, 6.07) is 16.6. The van der Waals surface area contributed by atoms with Gasteiger partial charge in [-0.05, 0) is 36.2 Å². The van der Waals surface area contributed by atoms with Crippen LogP contribution in [0.1, 0.15) is 18.9 Å². The Kier molecular flexibility index (Phi) is 6.64. The molecule has 1 fully saturated rings. The Bertz CT molecular complexity index is 868. The third kappa shape index (κ3) is 4.40. The van der Waals surface area contributed by atoms with Gasteiger partial charge in [0.25, 0.3) is 0 Å². The normalized spacial score (nSPS) is 15.1. The predicted octanol–water partition coefficient (Wildman–Crippen LogP) is 1.43. The minimum Gasteiger partial charge on any atom is -1.00 e. The van der Waals surface area contributed by atoms with Crippen LogP contribution in [0.2, 0.25) is 5.02 Å². The maximum absolute atomic E-state index is 5.99. The van der Waals surface area contributed by atoms with Gasteiger partial charge in [0.1, 0.15) is 0 Å². The van der Waals surface area contributed by atoms with Crippen molar-refractivity contribution >= 4 is 28.6 Å². The summed E-state index contributed by atoms with van der Waals surface area (Å²) >= 11 is 5.99. The average molecular weight is 404 g/mol. The van der Waals surface area contributed by atoms with Crippen molar-refractivity contribution in [1.82, 2.24) is 14.5 Å². The van der Waals surface area contributed by atoms with Gasteiger partial charge in [-0.2, -0.15) is 0 Å². The Labute approximate surface area is 172 Å². The predicted molar refractivity (Wildman–Crippen MR) is 109 cm³/mol. The third-order valence-electron chi connectivity index (χ3n) is 5.06. The lowest BCUT2D eigenvalue weighted by Crippen LogP contribution is -3.00. The highest BCUT2D eigenvalue weighted by atomic mass is 35.5. The number of imidazole rings is 1. The molecule has 1 saturated heterocycles. The highest BCUT2D eigenvalue weighted by molar-refractivity contribution is 6.30. The number of aromatic nitrogens is 2. The van der Waals surface area contributed by atoms with Gasteiger partial charge in [0.2, 0.25) is 5.95 Å². The first kappa shape index (κ1) is 20.0. The van der Waals surface area contributed by atoms with E-state index in [9.17, 15) is 0 Å². The Morgan fingerprint density at radius 3 is 2.37 bits per heavy atom. The van der Waals surface area contributed by atoms with Crippen LogP contribution in [0.25, 0.3) is 11.0 Å². The summed E-state index contributed by atoms with van der Waals surface area (Å²) < 4.78 is 2.38. The Balaban J connectivity index is 0.00000210. The molecule has 1 aliphatic heterocycles. The summed E-state index contributed by atoms with van der Waals surface area (Å²) in [6.45, 7) is 8.36. The van der Waals surface area contributed by atoms with Crippen molar-refractivity contribution in [3.63, 3.8) is 0 Å². The molecule has 3 aromatic rings. The summed E-state index contributed by atoms with van der Waals surface area (Å²) in [7, 11) is 0. The van der Waals surface area contributed by atoms with E-state index in [0.717, 1.165) is 62.2 Å². The van der Waals surface area contributed by atoms with E-state index >= 15 is 0 Å². The summed E-state index contributed by atoms with van der Waals surface area (Å²) in [5, 5.41) is 0.799. The number of fused-ring (bicyclic) bond motifs is 1. The summed E-state index contributed by atoms with van der Waals surface area (Å²) in [5.74, 6) is 1.12. The van der Waals surface area contributed by atoms with Gasteiger partial charge in [-0.25, -0.2) is 4.98 Å². The highest BCUT2D eigenvalue weighted by Crippen LogP contribution is 2.24. The molecule has 1 aromatic heterocycles. The topological polar surface area (TPSA) is 24.3 Å². The molecule has 0 amide bonds. The zero-order valence-corrected chi connectivity index (χ0v) is 17.1. The molecule has 144 valence electrons. The summed E-state index contributed by atoms with van der Waals surface area (Å²) in [4.78, 5) is 9.87. The van der Waals surface area contributed by atoms with Gasteiger partial charge < -0.3 is 21.9 Å². The molecule has 0 aliphatic carbocycles. The number of piperazine rings is 1. The second kappa shape index (κ2) is 8.96. The number of rotatable bonds is 5. The fraction of sp³-hybridized carbons (Fsp3) is 0.381. The molecule has 4 rings (SSSR count). The number of para-hydroxylation sites is 2. The van der Waals surface area contributed by atoms with E-state index in [4.69, 9.17) is 16.6 Å². The molecule has 2 aromatic carbocycles. The van der Waals surface area contributed by atoms with Gasteiger partial charge in [0.05, 0.1) is 11.0 Å². The van der Waals surface area contributed by atoms with Crippen LogP contribution >= 0.6 is 11.6 Å². The van der Waals surface area contributed by atoms with Crippen molar-refractivity contribution in [1.29, 1.82) is 0 Å². The molecule has 0 N–H and O–H groups in total. The number of hydrogen-bond donors (Lipinski definition) is 0. The molecular weight excluding hydrogens is 379 g/mol. The van der Waals surface area contributed by atoms with Gasteiger partial charge >= 0.3 is 0 Å². The molecule has 27 heavy (non-hydrogen) atoms. The van der Waals surface area contributed by atoms with Crippen molar-refractivity contribution in [3.05, 3.63) is 59.1 Å². The number of hydrogen-bond acceptors (Lipinski definition) is 3. The number of aryl methyl sites for hydroxylation is 1. The largest absolute Gasteiger partial charge is 1.00 e. The third-order valence-corrected chi connectivity index (χ3v) is 5.31. The van der Waals surface area contributed by atoms with Gasteiger partial charge in [-0.1, -0.05) is 42.8 Å². The molecule has 4 nitrogen and oxygen atoms in total. The van der Waals surface area contributed by atoms with Crippen LogP contribution in [-0.2, 0) is 13.1 Å². The molecule has 0 spiro atoms. The molecule has 1 aliphatic rings. The zero-order chi connectivity index (χ0) is 17.9. The zero-order valence-electron chi connectivity index (χ0n) is 15.6. The minimum atomic E-state index is 0. The lowest BCUT2D eigenvalue weighted by Gasteiger charge is -2.35. The van der Waals surface area contributed by atoms with E-state index in [1.807, 2.05) is 12.1 Å². The Morgan fingerprint density at radius 2 is 1.67 bits per heavy atom. The van der Waals surface area contributed by atoms with Crippen LogP contribution in [0.5, 0.6) is 0 Å². The van der Waals surface area contributed by atoms with Crippen LogP contribution in [0.3, 0.4) is 0 Å². The molecule has 0 saturated carbocycles. The molecule has 0 atom stereocenters. The molecule has 6 heteroatoms. The van der Waals surface area contributed by atoms with Gasteiger partial charge in [0, 0.05) is 44.3 Å². The maximum atomic E-state index is 5.99.